The summed E-state index contributed by atoms with van der Waals surface area (Å²) in [5, 5.41) is 0.687. The molecule has 0 amide bonds. The zero-order valence-electron chi connectivity index (χ0n) is 11.2. The SMILES string of the molecule is CC(N)c1ccc(-c2ccc3c(c2)OCCO3)cc1Cl. The van der Waals surface area contributed by atoms with Crippen LogP contribution in [0.15, 0.2) is 36.4 Å². The number of benzene rings is 2. The van der Waals surface area contributed by atoms with E-state index in [1.165, 1.54) is 0 Å². The summed E-state index contributed by atoms with van der Waals surface area (Å²) >= 11 is 6.28. The molecule has 1 aliphatic heterocycles. The maximum Gasteiger partial charge on any atom is 0.161 e. The van der Waals surface area contributed by atoms with Crippen LogP contribution in [0.1, 0.15) is 18.5 Å². The molecule has 2 aromatic carbocycles. The lowest BCUT2D eigenvalue weighted by Gasteiger charge is -2.19. The Morgan fingerprint density at radius 1 is 1.00 bits per heavy atom. The topological polar surface area (TPSA) is 44.5 Å². The van der Waals surface area contributed by atoms with Gasteiger partial charge in [-0.05, 0) is 41.8 Å². The summed E-state index contributed by atoms with van der Waals surface area (Å²) in [7, 11) is 0. The second-order valence-electron chi connectivity index (χ2n) is 4.88. The molecular formula is C16H16ClNO2. The third kappa shape index (κ3) is 2.47. The summed E-state index contributed by atoms with van der Waals surface area (Å²) in [5.41, 5.74) is 8.91. The van der Waals surface area contributed by atoms with Crippen molar-refractivity contribution in [2.75, 3.05) is 13.2 Å². The molecule has 2 aromatic rings. The fraction of sp³-hybridized carbons (Fsp3) is 0.250. The molecule has 0 saturated carbocycles. The molecule has 104 valence electrons. The zero-order chi connectivity index (χ0) is 14.1. The van der Waals surface area contributed by atoms with Gasteiger partial charge in [0.05, 0.1) is 0 Å². The molecule has 1 aliphatic rings. The van der Waals surface area contributed by atoms with Crippen LogP contribution in [0, 0.1) is 0 Å². The Balaban J connectivity index is 1.99. The zero-order valence-corrected chi connectivity index (χ0v) is 12.0. The molecule has 1 atom stereocenters. The molecule has 0 radical (unpaired) electrons. The standard InChI is InChI=1S/C16H16ClNO2/c1-10(18)13-4-2-11(8-14(13)17)12-3-5-15-16(9-12)20-7-6-19-15/h2-5,8-10H,6-7,18H2,1H3. The first-order valence-electron chi connectivity index (χ1n) is 6.60. The van der Waals surface area contributed by atoms with Crippen LogP contribution in [0.5, 0.6) is 11.5 Å². The van der Waals surface area contributed by atoms with E-state index in [2.05, 4.69) is 0 Å². The van der Waals surface area contributed by atoms with Gasteiger partial charge < -0.3 is 15.2 Å². The van der Waals surface area contributed by atoms with Crippen molar-refractivity contribution in [1.82, 2.24) is 0 Å². The summed E-state index contributed by atoms with van der Waals surface area (Å²) < 4.78 is 11.1. The quantitative estimate of drug-likeness (QED) is 0.914. The number of fused-ring (bicyclic) bond motifs is 1. The molecule has 4 heteroatoms. The summed E-state index contributed by atoms with van der Waals surface area (Å²) in [6.07, 6.45) is 0. The number of ether oxygens (including phenoxy) is 2. The van der Waals surface area contributed by atoms with E-state index in [0.717, 1.165) is 28.2 Å². The normalized spacial score (nSPS) is 14.9. The van der Waals surface area contributed by atoms with E-state index in [4.69, 9.17) is 26.8 Å². The van der Waals surface area contributed by atoms with Gasteiger partial charge in [0, 0.05) is 11.1 Å². The minimum Gasteiger partial charge on any atom is -0.486 e. The van der Waals surface area contributed by atoms with E-state index in [1.807, 2.05) is 43.3 Å². The largest absolute Gasteiger partial charge is 0.486 e. The lowest BCUT2D eigenvalue weighted by Crippen LogP contribution is -2.15. The van der Waals surface area contributed by atoms with Crippen LogP contribution in [0.25, 0.3) is 11.1 Å². The van der Waals surface area contributed by atoms with Gasteiger partial charge in [-0.25, -0.2) is 0 Å². The smallest absolute Gasteiger partial charge is 0.161 e. The number of hydrogen-bond donors (Lipinski definition) is 1. The van der Waals surface area contributed by atoms with Crippen LogP contribution in [-0.2, 0) is 0 Å². The maximum atomic E-state index is 6.28. The predicted octanol–water partition coefficient (Wildman–Crippen LogP) is 3.80. The predicted molar refractivity (Wildman–Crippen MR) is 80.5 cm³/mol. The molecule has 0 aromatic heterocycles. The molecule has 20 heavy (non-hydrogen) atoms. The summed E-state index contributed by atoms with van der Waals surface area (Å²) in [4.78, 5) is 0. The number of rotatable bonds is 2. The highest BCUT2D eigenvalue weighted by atomic mass is 35.5. The molecule has 1 unspecified atom stereocenters. The number of hydrogen-bond acceptors (Lipinski definition) is 3. The number of halogens is 1. The first-order chi connectivity index (χ1) is 9.65. The van der Waals surface area contributed by atoms with Gasteiger partial charge in [0.25, 0.3) is 0 Å². The van der Waals surface area contributed by atoms with Crippen molar-refractivity contribution in [3.8, 4) is 22.6 Å². The average molecular weight is 290 g/mol. The van der Waals surface area contributed by atoms with Crippen LogP contribution in [0.2, 0.25) is 5.02 Å². The van der Waals surface area contributed by atoms with Gasteiger partial charge in [0.2, 0.25) is 0 Å². The van der Waals surface area contributed by atoms with Gasteiger partial charge in [-0.15, -0.1) is 0 Å². The highest BCUT2D eigenvalue weighted by Gasteiger charge is 2.13. The van der Waals surface area contributed by atoms with Crippen molar-refractivity contribution in [3.63, 3.8) is 0 Å². The summed E-state index contributed by atoms with van der Waals surface area (Å²) in [5.74, 6) is 1.57. The van der Waals surface area contributed by atoms with Gasteiger partial charge in [-0.1, -0.05) is 29.8 Å². The Labute approximate surface area is 123 Å². The Morgan fingerprint density at radius 3 is 2.35 bits per heavy atom. The van der Waals surface area contributed by atoms with E-state index >= 15 is 0 Å². The minimum atomic E-state index is -0.0724. The Bertz CT molecular complexity index is 640. The van der Waals surface area contributed by atoms with Crippen molar-refractivity contribution in [2.45, 2.75) is 13.0 Å². The molecule has 0 aliphatic carbocycles. The van der Waals surface area contributed by atoms with Gasteiger partial charge in [-0.3, -0.25) is 0 Å². The molecule has 3 rings (SSSR count). The second kappa shape index (κ2) is 5.35. The lowest BCUT2D eigenvalue weighted by molar-refractivity contribution is 0.171. The van der Waals surface area contributed by atoms with E-state index in [-0.39, 0.29) is 6.04 Å². The maximum absolute atomic E-state index is 6.28. The van der Waals surface area contributed by atoms with Crippen molar-refractivity contribution >= 4 is 11.6 Å². The summed E-state index contributed by atoms with van der Waals surface area (Å²) in [6.45, 7) is 3.10. The van der Waals surface area contributed by atoms with Crippen molar-refractivity contribution in [3.05, 3.63) is 47.0 Å². The first kappa shape index (κ1) is 13.3. The third-order valence-corrected chi connectivity index (χ3v) is 3.69. The third-order valence-electron chi connectivity index (χ3n) is 3.37. The molecule has 2 N–H and O–H groups in total. The molecular weight excluding hydrogens is 274 g/mol. The van der Waals surface area contributed by atoms with Crippen LogP contribution in [0.3, 0.4) is 0 Å². The van der Waals surface area contributed by atoms with Crippen molar-refractivity contribution in [1.29, 1.82) is 0 Å². The van der Waals surface area contributed by atoms with Crippen molar-refractivity contribution in [2.24, 2.45) is 5.73 Å². The monoisotopic (exact) mass is 289 g/mol. The highest BCUT2D eigenvalue weighted by Crippen LogP contribution is 2.36. The molecule has 0 bridgehead atoms. The minimum absolute atomic E-state index is 0.0724. The van der Waals surface area contributed by atoms with E-state index in [9.17, 15) is 0 Å². The molecule has 0 saturated heterocycles. The number of nitrogens with two attached hydrogens (primary N) is 1. The van der Waals surface area contributed by atoms with E-state index in [1.54, 1.807) is 0 Å². The van der Waals surface area contributed by atoms with Gasteiger partial charge in [0.15, 0.2) is 11.5 Å². The lowest BCUT2D eigenvalue weighted by atomic mass is 10.0. The first-order valence-corrected chi connectivity index (χ1v) is 6.98. The molecule has 3 nitrogen and oxygen atoms in total. The average Bonchev–Trinajstić information content (AvgIpc) is 2.46. The van der Waals surface area contributed by atoms with E-state index < -0.39 is 0 Å². The highest BCUT2D eigenvalue weighted by molar-refractivity contribution is 6.31. The Kier molecular flexibility index (Phi) is 3.55. The van der Waals surface area contributed by atoms with E-state index in [0.29, 0.717) is 18.2 Å². The van der Waals surface area contributed by atoms with Gasteiger partial charge in [-0.2, -0.15) is 0 Å². The van der Waals surface area contributed by atoms with Gasteiger partial charge in [0.1, 0.15) is 13.2 Å². The summed E-state index contributed by atoms with van der Waals surface area (Å²) in [6, 6.07) is 11.8. The van der Waals surface area contributed by atoms with Crippen LogP contribution >= 0.6 is 11.6 Å². The fourth-order valence-electron chi connectivity index (χ4n) is 2.30. The second-order valence-corrected chi connectivity index (χ2v) is 5.29. The molecule has 0 fully saturated rings. The van der Waals surface area contributed by atoms with Crippen LogP contribution < -0.4 is 15.2 Å². The Hall–Kier alpha value is -1.71. The van der Waals surface area contributed by atoms with Gasteiger partial charge >= 0.3 is 0 Å². The van der Waals surface area contributed by atoms with Crippen LogP contribution in [-0.4, -0.2) is 13.2 Å². The molecule has 1 heterocycles. The van der Waals surface area contributed by atoms with Crippen molar-refractivity contribution < 1.29 is 9.47 Å². The fourth-order valence-corrected chi connectivity index (χ4v) is 2.65. The molecule has 0 spiro atoms. The Morgan fingerprint density at radius 2 is 1.65 bits per heavy atom. The van der Waals surface area contributed by atoms with Crippen LogP contribution in [0.4, 0.5) is 0 Å².